The molecular weight excluding hydrogens is 192 g/mol. The van der Waals surface area contributed by atoms with Gasteiger partial charge in [-0.1, -0.05) is 0 Å². The maximum Gasteiger partial charge on any atom is 0.322 e. The van der Waals surface area contributed by atoms with Crippen LogP contribution in [0.1, 0.15) is 27.7 Å². The van der Waals surface area contributed by atoms with Crippen LogP contribution in [0.3, 0.4) is 0 Å². The molecule has 15 heavy (non-hydrogen) atoms. The molecule has 0 atom stereocenters. The second-order valence-electron chi connectivity index (χ2n) is 4.14. The maximum atomic E-state index is 11.6. The second kappa shape index (κ2) is 4.38. The van der Waals surface area contributed by atoms with Crippen molar-refractivity contribution in [2.24, 2.45) is 0 Å². The summed E-state index contributed by atoms with van der Waals surface area (Å²) in [7, 11) is 0. The third-order valence-electron chi connectivity index (χ3n) is 2.27. The van der Waals surface area contributed by atoms with E-state index >= 15 is 0 Å². The average Bonchev–Trinajstić information content (AvgIpc) is 2.09. The number of aromatic nitrogens is 1. The van der Waals surface area contributed by atoms with Crippen LogP contribution in [0.15, 0.2) is 18.3 Å². The van der Waals surface area contributed by atoms with E-state index < -0.39 is 0 Å². The Kier molecular flexibility index (Phi) is 3.39. The molecule has 0 saturated carbocycles. The highest BCUT2D eigenvalue weighted by Crippen LogP contribution is 2.25. The lowest BCUT2D eigenvalue weighted by Crippen LogP contribution is -2.45. The Bertz CT molecular complexity index is 309. The van der Waals surface area contributed by atoms with E-state index in [-0.39, 0.29) is 17.8 Å². The monoisotopic (exact) mass is 210 g/mol. The first kappa shape index (κ1) is 11.6. The van der Waals surface area contributed by atoms with Gasteiger partial charge in [0.2, 0.25) is 5.75 Å². The molecule has 0 aliphatic heterocycles. The number of rotatable bonds is 3. The molecule has 0 aliphatic carbocycles. The lowest BCUT2D eigenvalue weighted by Gasteiger charge is -2.27. The third kappa shape index (κ3) is 2.32. The molecule has 4 heteroatoms. The van der Waals surface area contributed by atoms with Gasteiger partial charge in [-0.05, 0) is 39.8 Å². The molecule has 0 aromatic carbocycles. The number of pyridine rings is 1. The number of hydrogen-bond acceptors (Lipinski definition) is 3. The quantitative estimate of drug-likeness (QED) is 0.609. The molecule has 0 bridgehead atoms. The summed E-state index contributed by atoms with van der Waals surface area (Å²) in [5.74, 6) is 0.345. The predicted octanol–water partition coefficient (Wildman–Crippen LogP) is 1.65. The average molecular weight is 210 g/mol. The molecule has 1 rings (SSSR count). The topological polar surface area (TPSA) is 50.4 Å². The van der Waals surface area contributed by atoms with Gasteiger partial charge in [-0.3, -0.25) is 4.90 Å². The van der Waals surface area contributed by atoms with Crippen molar-refractivity contribution in [3.05, 3.63) is 23.5 Å². The zero-order valence-corrected chi connectivity index (χ0v) is 9.64. The van der Waals surface area contributed by atoms with Gasteiger partial charge in [0.15, 0.2) is 0 Å². The Balaban J connectivity index is 3.22. The Morgan fingerprint density at radius 1 is 1.27 bits per heavy atom. The fraction of sp³-hybridized carbons (Fsp3) is 0.545. The van der Waals surface area contributed by atoms with E-state index in [1.165, 1.54) is 18.3 Å². The molecule has 1 aromatic heterocycles. The summed E-state index contributed by atoms with van der Waals surface area (Å²) in [6.07, 6.45) is 1.40. The van der Waals surface area contributed by atoms with Crippen LogP contribution in [-0.4, -0.2) is 17.2 Å². The van der Waals surface area contributed by atoms with Crippen LogP contribution in [0.2, 0.25) is 0 Å². The van der Waals surface area contributed by atoms with Crippen molar-refractivity contribution in [3.8, 4) is 5.75 Å². The van der Waals surface area contributed by atoms with Crippen LogP contribution < -0.4 is 9.63 Å². The fourth-order valence-electron chi connectivity index (χ4n) is 1.80. The summed E-state index contributed by atoms with van der Waals surface area (Å²) in [4.78, 5) is 1.89. The smallest absolute Gasteiger partial charge is 0.322 e. The Morgan fingerprint density at radius 2 is 1.80 bits per heavy atom. The number of anilines is 1. The van der Waals surface area contributed by atoms with Crippen molar-refractivity contribution in [3.63, 3.8) is 0 Å². The van der Waals surface area contributed by atoms with Gasteiger partial charge in [-0.25, -0.2) is 4.73 Å². The molecule has 0 amide bonds. The molecule has 0 fully saturated rings. The van der Waals surface area contributed by atoms with Crippen molar-refractivity contribution < 1.29 is 9.84 Å². The Morgan fingerprint density at radius 3 is 2.20 bits per heavy atom. The van der Waals surface area contributed by atoms with Crippen LogP contribution in [-0.2, 0) is 0 Å². The van der Waals surface area contributed by atoms with Gasteiger partial charge in [-0.2, -0.15) is 0 Å². The first-order valence-corrected chi connectivity index (χ1v) is 5.14. The zero-order valence-electron chi connectivity index (χ0n) is 9.64. The fourth-order valence-corrected chi connectivity index (χ4v) is 1.80. The lowest BCUT2D eigenvalue weighted by atomic mass is 10.2. The van der Waals surface area contributed by atoms with Crippen molar-refractivity contribution in [2.75, 3.05) is 4.90 Å². The largest absolute Gasteiger partial charge is 0.711 e. The summed E-state index contributed by atoms with van der Waals surface area (Å²) in [6.45, 7) is 7.97. The highest BCUT2D eigenvalue weighted by Gasteiger charge is 2.27. The van der Waals surface area contributed by atoms with Gasteiger partial charge >= 0.3 is 5.82 Å². The van der Waals surface area contributed by atoms with Crippen LogP contribution in [0, 0.1) is 5.21 Å². The van der Waals surface area contributed by atoms with Gasteiger partial charge < -0.3 is 10.3 Å². The molecule has 84 valence electrons. The summed E-state index contributed by atoms with van der Waals surface area (Å²) in [5, 5.41) is 21.3. The highest BCUT2D eigenvalue weighted by molar-refractivity contribution is 5.48. The van der Waals surface area contributed by atoms with Crippen molar-refractivity contribution in [2.45, 2.75) is 39.8 Å². The van der Waals surface area contributed by atoms with Crippen molar-refractivity contribution in [1.82, 2.24) is 0 Å². The van der Waals surface area contributed by atoms with E-state index in [0.29, 0.717) is 10.5 Å². The lowest BCUT2D eigenvalue weighted by molar-refractivity contribution is -0.593. The molecule has 1 heterocycles. The van der Waals surface area contributed by atoms with E-state index in [4.69, 9.17) is 0 Å². The van der Waals surface area contributed by atoms with Crippen LogP contribution in [0.4, 0.5) is 5.82 Å². The summed E-state index contributed by atoms with van der Waals surface area (Å²) < 4.78 is 0.704. The van der Waals surface area contributed by atoms with Gasteiger partial charge in [-0.15, -0.1) is 0 Å². The van der Waals surface area contributed by atoms with E-state index in [1.54, 1.807) is 0 Å². The van der Waals surface area contributed by atoms with E-state index in [9.17, 15) is 10.3 Å². The Hall–Kier alpha value is -1.45. The minimum atomic E-state index is 0.0231. The minimum absolute atomic E-state index is 0.0231. The van der Waals surface area contributed by atoms with Gasteiger partial charge in [0, 0.05) is 0 Å². The third-order valence-corrected chi connectivity index (χ3v) is 2.27. The summed E-state index contributed by atoms with van der Waals surface area (Å²) in [5.41, 5.74) is 0. The first-order valence-electron chi connectivity index (χ1n) is 5.14. The van der Waals surface area contributed by atoms with E-state index in [0.717, 1.165) is 0 Å². The predicted molar refractivity (Wildman–Crippen MR) is 59.8 cm³/mol. The highest BCUT2D eigenvalue weighted by atomic mass is 16.5. The zero-order chi connectivity index (χ0) is 11.6. The first-order chi connectivity index (χ1) is 6.95. The molecular formula is C11H18N2O2. The molecule has 0 spiro atoms. The van der Waals surface area contributed by atoms with Gasteiger partial charge in [0.05, 0.1) is 18.3 Å². The van der Waals surface area contributed by atoms with Crippen LogP contribution >= 0.6 is 0 Å². The molecule has 1 aromatic rings. The maximum absolute atomic E-state index is 11.6. The normalized spacial score (nSPS) is 11.1. The molecule has 4 nitrogen and oxygen atoms in total. The molecule has 0 saturated heterocycles. The van der Waals surface area contributed by atoms with Crippen LogP contribution in [0.5, 0.6) is 5.75 Å². The number of aromatic hydroxyl groups is 1. The number of hydrogen-bond donors (Lipinski definition) is 1. The Labute approximate surface area is 90.4 Å². The van der Waals surface area contributed by atoms with Gasteiger partial charge in [0.1, 0.15) is 0 Å². The molecule has 0 unspecified atom stereocenters. The molecule has 1 N–H and O–H groups in total. The van der Waals surface area contributed by atoms with Crippen LogP contribution in [0.25, 0.3) is 0 Å². The van der Waals surface area contributed by atoms with E-state index in [1.807, 2.05) is 32.6 Å². The summed E-state index contributed by atoms with van der Waals surface area (Å²) >= 11 is 0. The molecule has 0 radical (unpaired) electrons. The van der Waals surface area contributed by atoms with Gasteiger partial charge in [0.25, 0.3) is 0 Å². The summed E-state index contributed by atoms with van der Waals surface area (Å²) in [6, 6.07) is 3.39. The van der Waals surface area contributed by atoms with Crippen molar-refractivity contribution in [1.29, 1.82) is 0 Å². The standard InChI is InChI=1S/C11H18N2O2/c1-8(2)13(9(3)4)11-10(14)6-5-7-12(11)15/h5-9,14H,1-4H3. The molecule has 0 aliphatic rings. The second-order valence-corrected chi connectivity index (χ2v) is 4.14. The number of nitrogens with zero attached hydrogens (tertiary/aromatic N) is 2. The van der Waals surface area contributed by atoms with E-state index in [2.05, 4.69) is 0 Å². The minimum Gasteiger partial charge on any atom is -0.711 e. The SMILES string of the molecule is CC(C)N(c1c(O)ccc[n+]1[O-])C(C)C. The van der Waals surface area contributed by atoms with Crippen molar-refractivity contribution >= 4 is 5.82 Å².